The van der Waals surface area contributed by atoms with Gasteiger partial charge in [-0.05, 0) is 25.7 Å². The molecule has 2 nitrogen and oxygen atoms in total. The average molecular weight is 207 g/mol. The molecule has 2 bridgehead atoms. The molecule has 0 aromatic carbocycles. The molecule has 84 valence electrons. The molecule has 0 radical (unpaired) electrons. The van der Waals surface area contributed by atoms with Gasteiger partial charge in [0.25, 0.3) is 0 Å². The van der Waals surface area contributed by atoms with Gasteiger partial charge in [0.1, 0.15) is 5.78 Å². The van der Waals surface area contributed by atoms with Crippen molar-refractivity contribution in [1.29, 1.82) is 0 Å². The number of piperidine rings is 1. The maximum absolute atomic E-state index is 11.5. The third-order valence-electron chi connectivity index (χ3n) is 4.60. The number of Topliss-reactive ketones (excluding diaryl/α,β-unsaturated/α-hetero) is 1. The van der Waals surface area contributed by atoms with Gasteiger partial charge in [0.05, 0.1) is 0 Å². The average Bonchev–Trinajstić information content (AvgIpc) is 2.53. The summed E-state index contributed by atoms with van der Waals surface area (Å²) in [5.41, 5.74) is 0. The SMILES string of the molecule is O=C1CC2CCC(C1)N2C1CCCCC1. The lowest BCUT2D eigenvalue weighted by atomic mass is 9.90. The molecule has 2 atom stereocenters. The van der Waals surface area contributed by atoms with E-state index < -0.39 is 0 Å². The Kier molecular flexibility index (Phi) is 2.55. The van der Waals surface area contributed by atoms with Crippen molar-refractivity contribution in [2.24, 2.45) is 0 Å². The Labute approximate surface area is 92.0 Å². The lowest BCUT2D eigenvalue weighted by Crippen LogP contribution is -2.49. The number of nitrogens with zero attached hydrogens (tertiary/aromatic N) is 1. The van der Waals surface area contributed by atoms with Crippen LogP contribution in [0.3, 0.4) is 0 Å². The van der Waals surface area contributed by atoms with Gasteiger partial charge < -0.3 is 0 Å². The molecular weight excluding hydrogens is 186 g/mol. The van der Waals surface area contributed by atoms with Crippen LogP contribution < -0.4 is 0 Å². The minimum Gasteiger partial charge on any atom is -0.300 e. The first-order valence-electron chi connectivity index (χ1n) is 6.64. The predicted octanol–water partition coefficient (Wildman–Crippen LogP) is 2.52. The molecule has 3 aliphatic rings. The molecule has 3 fully saturated rings. The van der Waals surface area contributed by atoms with Crippen LogP contribution >= 0.6 is 0 Å². The first-order valence-corrected chi connectivity index (χ1v) is 6.64. The predicted molar refractivity (Wildman–Crippen MR) is 59.8 cm³/mol. The Balaban J connectivity index is 1.73. The van der Waals surface area contributed by atoms with Crippen molar-refractivity contribution >= 4 is 5.78 Å². The highest BCUT2D eigenvalue weighted by molar-refractivity contribution is 5.81. The molecule has 3 rings (SSSR count). The van der Waals surface area contributed by atoms with Gasteiger partial charge in [0.2, 0.25) is 0 Å². The maximum Gasteiger partial charge on any atom is 0.136 e. The van der Waals surface area contributed by atoms with Gasteiger partial charge in [-0.1, -0.05) is 19.3 Å². The zero-order valence-corrected chi connectivity index (χ0v) is 9.45. The summed E-state index contributed by atoms with van der Waals surface area (Å²) in [6, 6.07) is 2.07. The summed E-state index contributed by atoms with van der Waals surface area (Å²) in [5.74, 6) is 0.523. The van der Waals surface area contributed by atoms with E-state index in [1.807, 2.05) is 0 Å². The van der Waals surface area contributed by atoms with E-state index in [1.54, 1.807) is 0 Å². The van der Waals surface area contributed by atoms with E-state index >= 15 is 0 Å². The Morgan fingerprint density at radius 2 is 1.40 bits per heavy atom. The number of carbonyl (C=O) groups excluding carboxylic acids is 1. The Hall–Kier alpha value is -0.370. The summed E-state index contributed by atoms with van der Waals surface area (Å²) in [5, 5.41) is 0. The van der Waals surface area contributed by atoms with Crippen molar-refractivity contribution in [3.05, 3.63) is 0 Å². The molecule has 2 heteroatoms. The summed E-state index contributed by atoms with van der Waals surface area (Å²) >= 11 is 0. The zero-order chi connectivity index (χ0) is 10.3. The lowest BCUT2D eigenvalue weighted by Gasteiger charge is -2.41. The standard InChI is InChI=1S/C13H21NO/c15-13-8-11-6-7-12(9-13)14(11)10-4-2-1-3-5-10/h10-12H,1-9H2. The smallest absolute Gasteiger partial charge is 0.136 e. The molecule has 0 spiro atoms. The Bertz CT molecular complexity index is 241. The fourth-order valence-electron chi connectivity index (χ4n) is 3.98. The van der Waals surface area contributed by atoms with Crippen molar-refractivity contribution in [3.8, 4) is 0 Å². The van der Waals surface area contributed by atoms with Crippen molar-refractivity contribution < 1.29 is 4.79 Å². The third kappa shape index (κ3) is 1.73. The summed E-state index contributed by atoms with van der Waals surface area (Å²) < 4.78 is 0. The van der Waals surface area contributed by atoms with E-state index in [0.717, 1.165) is 18.9 Å². The van der Waals surface area contributed by atoms with Crippen LogP contribution in [0.1, 0.15) is 57.8 Å². The fourth-order valence-corrected chi connectivity index (χ4v) is 3.98. The molecule has 2 unspecified atom stereocenters. The highest BCUT2D eigenvalue weighted by Gasteiger charge is 2.43. The number of fused-ring (bicyclic) bond motifs is 2. The van der Waals surface area contributed by atoms with Gasteiger partial charge in [0.15, 0.2) is 0 Å². The highest BCUT2D eigenvalue weighted by atomic mass is 16.1. The largest absolute Gasteiger partial charge is 0.300 e. The van der Waals surface area contributed by atoms with Gasteiger partial charge in [0, 0.05) is 31.0 Å². The van der Waals surface area contributed by atoms with Gasteiger partial charge >= 0.3 is 0 Å². The summed E-state index contributed by atoms with van der Waals surface area (Å²) in [4.78, 5) is 14.3. The van der Waals surface area contributed by atoms with Crippen molar-refractivity contribution in [3.63, 3.8) is 0 Å². The monoisotopic (exact) mass is 207 g/mol. The molecule has 2 saturated heterocycles. The number of carbonyl (C=O) groups is 1. The number of hydrogen-bond acceptors (Lipinski definition) is 2. The van der Waals surface area contributed by atoms with Crippen molar-refractivity contribution in [2.45, 2.75) is 75.9 Å². The fraction of sp³-hybridized carbons (Fsp3) is 0.923. The molecule has 0 N–H and O–H groups in total. The summed E-state index contributed by atoms with van der Waals surface area (Å²) in [6.45, 7) is 0. The van der Waals surface area contributed by atoms with Crippen molar-refractivity contribution in [1.82, 2.24) is 4.90 Å². The van der Waals surface area contributed by atoms with Crippen LogP contribution in [0.4, 0.5) is 0 Å². The summed E-state index contributed by atoms with van der Waals surface area (Å²) in [7, 11) is 0. The van der Waals surface area contributed by atoms with Crippen LogP contribution in [0.2, 0.25) is 0 Å². The molecule has 0 amide bonds. The van der Waals surface area contributed by atoms with Crippen LogP contribution in [0, 0.1) is 0 Å². The Morgan fingerprint density at radius 1 is 0.800 bits per heavy atom. The minimum absolute atomic E-state index is 0.523. The van der Waals surface area contributed by atoms with Gasteiger partial charge in [-0.2, -0.15) is 0 Å². The number of rotatable bonds is 1. The van der Waals surface area contributed by atoms with Crippen LogP contribution in [0.5, 0.6) is 0 Å². The molecule has 15 heavy (non-hydrogen) atoms. The highest BCUT2D eigenvalue weighted by Crippen LogP contribution is 2.39. The maximum atomic E-state index is 11.5. The van der Waals surface area contributed by atoms with E-state index in [1.165, 1.54) is 44.9 Å². The van der Waals surface area contributed by atoms with Crippen LogP contribution in [0.25, 0.3) is 0 Å². The second kappa shape index (κ2) is 3.89. The molecule has 0 aromatic rings. The second-order valence-corrected chi connectivity index (χ2v) is 5.57. The zero-order valence-electron chi connectivity index (χ0n) is 9.45. The van der Waals surface area contributed by atoms with Crippen molar-refractivity contribution in [2.75, 3.05) is 0 Å². The van der Waals surface area contributed by atoms with E-state index in [-0.39, 0.29) is 0 Å². The van der Waals surface area contributed by atoms with Gasteiger partial charge in [-0.15, -0.1) is 0 Å². The molecule has 1 aliphatic carbocycles. The van der Waals surface area contributed by atoms with E-state index in [2.05, 4.69) is 4.90 Å². The van der Waals surface area contributed by atoms with E-state index in [0.29, 0.717) is 17.9 Å². The topological polar surface area (TPSA) is 20.3 Å². The first-order chi connectivity index (χ1) is 7.34. The van der Waals surface area contributed by atoms with Crippen LogP contribution in [-0.4, -0.2) is 28.8 Å². The second-order valence-electron chi connectivity index (χ2n) is 5.57. The molecular formula is C13H21NO. The first kappa shape index (κ1) is 9.83. The minimum atomic E-state index is 0.523. The number of hydrogen-bond donors (Lipinski definition) is 0. The van der Waals surface area contributed by atoms with E-state index in [4.69, 9.17) is 0 Å². The van der Waals surface area contributed by atoms with Crippen LogP contribution in [0.15, 0.2) is 0 Å². The van der Waals surface area contributed by atoms with Crippen LogP contribution in [-0.2, 0) is 4.79 Å². The van der Waals surface area contributed by atoms with Gasteiger partial charge in [-0.25, -0.2) is 0 Å². The summed E-state index contributed by atoms with van der Waals surface area (Å²) in [6.07, 6.45) is 11.3. The molecule has 2 aliphatic heterocycles. The lowest BCUT2D eigenvalue weighted by molar-refractivity contribution is -0.124. The molecule has 2 heterocycles. The quantitative estimate of drug-likeness (QED) is 0.658. The normalized spacial score (nSPS) is 38.5. The molecule has 1 saturated carbocycles. The van der Waals surface area contributed by atoms with E-state index in [9.17, 15) is 4.79 Å². The number of ketones is 1. The van der Waals surface area contributed by atoms with Gasteiger partial charge in [-0.3, -0.25) is 9.69 Å². The third-order valence-corrected chi connectivity index (χ3v) is 4.60. The molecule has 0 aromatic heterocycles. The Morgan fingerprint density at radius 3 is 2.00 bits per heavy atom.